The minimum Gasteiger partial charge on any atom is -0.392 e. The van der Waals surface area contributed by atoms with Crippen molar-refractivity contribution >= 4 is 22.6 Å². The molecule has 0 aliphatic rings. The number of aliphatic hydroxyl groups is 2. The summed E-state index contributed by atoms with van der Waals surface area (Å²) in [6, 6.07) is 6.12. The van der Waals surface area contributed by atoms with Crippen LogP contribution in [0.5, 0.6) is 0 Å². The first-order valence-electron chi connectivity index (χ1n) is 4.50. The van der Waals surface area contributed by atoms with Gasteiger partial charge in [0.25, 0.3) is 0 Å². The predicted octanol–water partition coefficient (Wildman–Crippen LogP) is 2.04. The second-order valence-corrected chi connectivity index (χ2v) is 4.43. The molecule has 0 fully saturated rings. The van der Waals surface area contributed by atoms with Crippen molar-refractivity contribution in [2.75, 3.05) is 13.2 Å². The Kier molecular flexibility index (Phi) is 5.21. The third-order valence-electron chi connectivity index (χ3n) is 2.04. The Morgan fingerprint density at radius 2 is 1.73 bits per heavy atom. The lowest BCUT2D eigenvalue weighted by molar-refractivity contribution is 0.316. The molecular formula is C11H12FIO2. The van der Waals surface area contributed by atoms with Crippen LogP contribution in [0.25, 0.3) is 0 Å². The second kappa shape index (κ2) is 6.19. The van der Waals surface area contributed by atoms with Crippen LogP contribution in [-0.4, -0.2) is 23.4 Å². The topological polar surface area (TPSA) is 40.5 Å². The van der Waals surface area contributed by atoms with Crippen molar-refractivity contribution in [3.8, 4) is 0 Å². The monoisotopic (exact) mass is 322 g/mol. The first kappa shape index (κ1) is 12.6. The van der Waals surface area contributed by atoms with Crippen molar-refractivity contribution in [2.24, 2.45) is 0 Å². The highest BCUT2D eigenvalue weighted by Crippen LogP contribution is 2.17. The van der Waals surface area contributed by atoms with Crippen molar-refractivity contribution in [2.45, 2.75) is 6.42 Å². The molecule has 15 heavy (non-hydrogen) atoms. The molecule has 1 aromatic carbocycles. The zero-order chi connectivity index (χ0) is 11.3. The molecule has 1 aromatic rings. The van der Waals surface area contributed by atoms with Crippen molar-refractivity contribution in [3.63, 3.8) is 0 Å². The highest BCUT2D eigenvalue weighted by Gasteiger charge is 2.04. The molecule has 0 amide bonds. The summed E-state index contributed by atoms with van der Waals surface area (Å²) in [5, 5.41) is 18.0. The summed E-state index contributed by atoms with van der Waals surface area (Å²) in [5.41, 5.74) is 1.69. The van der Waals surface area contributed by atoms with Crippen LogP contribution in [0.15, 0.2) is 33.4 Å². The molecule has 0 spiro atoms. The molecule has 0 saturated heterocycles. The quantitative estimate of drug-likeness (QED) is 0.833. The van der Waals surface area contributed by atoms with Gasteiger partial charge in [-0.15, -0.1) is 0 Å². The lowest BCUT2D eigenvalue weighted by Crippen LogP contribution is -2.00. The Morgan fingerprint density at radius 3 is 2.20 bits per heavy atom. The fourth-order valence-electron chi connectivity index (χ4n) is 1.20. The molecule has 0 unspecified atom stereocenters. The predicted molar refractivity (Wildman–Crippen MR) is 65.3 cm³/mol. The van der Waals surface area contributed by atoms with Crippen LogP contribution in [0, 0.1) is 5.82 Å². The highest BCUT2D eigenvalue weighted by molar-refractivity contribution is 14.1. The second-order valence-electron chi connectivity index (χ2n) is 3.13. The highest BCUT2D eigenvalue weighted by atomic mass is 127. The van der Waals surface area contributed by atoms with E-state index in [0.717, 1.165) is 14.7 Å². The van der Waals surface area contributed by atoms with Gasteiger partial charge in [0.2, 0.25) is 0 Å². The summed E-state index contributed by atoms with van der Waals surface area (Å²) in [4.78, 5) is 0. The number of hydrogen-bond acceptors (Lipinski definition) is 2. The Balaban J connectivity index is 2.80. The minimum atomic E-state index is -0.273. The fraction of sp³-hybridized carbons (Fsp3) is 0.273. The first-order chi connectivity index (χ1) is 7.17. The Morgan fingerprint density at radius 1 is 1.13 bits per heavy atom. The van der Waals surface area contributed by atoms with E-state index in [4.69, 9.17) is 10.2 Å². The van der Waals surface area contributed by atoms with E-state index in [-0.39, 0.29) is 19.0 Å². The third kappa shape index (κ3) is 3.89. The van der Waals surface area contributed by atoms with Crippen LogP contribution in [0.3, 0.4) is 0 Å². The van der Waals surface area contributed by atoms with Gasteiger partial charge in [-0.3, -0.25) is 0 Å². The maximum atomic E-state index is 12.6. The van der Waals surface area contributed by atoms with E-state index in [0.29, 0.717) is 6.42 Å². The van der Waals surface area contributed by atoms with Crippen LogP contribution >= 0.6 is 22.6 Å². The number of aliphatic hydroxyl groups excluding tert-OH is 2. The molecule has 1 rings (SSSR count). The summed E-state index contributed by atoms with van der Waals surface area (Å²) in [6.07, 6.45) is 0.537. The molecule has 0 radical (unpaired) electrons. The van der Waals surface area contributed by atoms with Gasteiger partial charge < -0.3 is 10.2 Å². The molecule has 0 saturated carbocycles. The summed E-state index contributed by atoms with van der Waals surface area (Å²) >= 11 is 2.00. The summed E-state index contributed by atoms with van der Waals surface area (Å²) in [6.45, 7) is -0.159. The Labute approximate surface area is 102 Å². The molecule has 2 nitrogen and oxygen atoms in total. The number of hydrogen-bond donors (Lipinski definition) is 2. The first-order valence-corrected chi connectivity index (χ1v) is 5.57. The van der Waals surface area contributed by atoms with E-state index in [1.165, 1.54) is 12.1 Å². The maximum absolute atomic E-state index is 12.6. The number of rotatable bonds is 4. The Hall–Kier alpha value is -0.460. The summed E-state index contributed by atoms with van der Waals surface area (Å²) in [7, 11) is 0. The van der Waals surface area contributed by atoms with Gasteiger partial charge in [0, 0.05) is 3.58 Å². The van der Waals surface area contributed by atoms with Gasteiger partial charge in [0.15, 0.2) is 0 Å². The average Bonchev–Trinajstić information content (AvgIpc) is 2.27. The zero-order valence-electron chi connectivity index (χ0n) is 8.08. The minimum absolute atomic E-state index is 0.0718. The summed E-state index contributed by atoms with van der Waals surface area (Å²) < 4.78 is 13.4. The van der Waals surface area contributed by atoms with E-state index >= 15 is 0 Å². The lowest BCUT2D eigenvalue weighted by atomic mass is 10.1. The standard InChI is InChI=1S/C11H12FIO2/c12-10-3-1-8(2-4-10)5-9(6-14)11(13)7-15/h1-4,14-15H,5-7H2/b11-9-. The largest absolute Gasteiger partial charge is 0.392 e. The van der Waals surface area contributed by atoms with Gasteiger partial charge in [-0.25, -0.2) is 4.39 Å². The molecule has 0 bridgehead atoms. The van der Waals surface area contributed by atoms with Crippen LogP contribution in [0.4, 0.5) is 4.39 Å². The zero-order valence-corrected chi connectivity index (χ0v) is 10.2. The molecule has 4 heteroatoms. The molecule has 0 aliphatic heterocycles. The van der Waals surface area contributed by atoms with E-state index in [1.807, 2.05) is 22.6 Å². The van der Waals surface area contributed by atoms with E-state index in [9.17, 15) is 4.39 Å². The molecule has 0 atom stereocenters. The number of benzene rings is 1. The lowest BCUT2D eigenvalue weighted by Gasteiger charge is -2.07. The van der Waals surface area contributed by atoms with Crippen LogP contribution in [0.2, 0.25) is 0 Å². The third-order valence-corrected chi connectivity index (χ3v) is 3.15. The van der Waals surface area contributed by atoms with Crippen molar-refractivity contribution in [3.05, 3.63) is 44.8 Å². The van der Waals surface area contributed by atoms with Gasteiger partial charge in [-0.2, -0.15) is 0 Å². The van der Waals surface area contributed by atoms with Gasteiger partial charge in [0.05, 0.1) is 13.2 Å². The van der Waals surface area contributed by atoms with Gasteiger partial charge >= 0.3 is 0 Å². The van der Waals surface area contributed by atoms with E-state index in [2.05, 4.69) is 0 Å². The normalized spacial score (nSPS) is 12.5. The molecule has 0 heterocycles. The van der Waals surface area contributed by atoms with Crippen LogP contribution in [0.1, 0.15) is 5.56 Å². The molecule has 2 N–H and O–H groups in total. The molecule has 0 aliphatic carbocycles. The van der Waals surface area contributed by atoms with Gasteiger partial charge in [-0.05, 0) is 52.3 Å². The van der Waals surface area contributed by atoms with Gasteiger partial charge in [0.1, 0.15) is 5.82 Å². The van der Waals surface area contributed by atoms with Gasteiger partial charge in [-0.1, -0.05) is 12.1 Å². The number of halogens is 2. The average molecular weight is 322 g/mol. The SMILES string of the molecule is OC/C(I)=C(/CO)Cc1ccc(F)cc1. The Bertz CT molecular complexity index is 346. The van der Waals surface area contributed by atoms with Crippen molar-refractivity contribution < 1.29 is 14.6 Å². The van der Waals surface area contributed by atoms with E-state index in [1.54, 1.807) is 12.1 Å². The molecule has 82 valence electrons. The van der Waals surface area contributed by atoms with Crippen LogP contribution in [-0.2, 0) is 6.42 Å². The van der Waals surface area contributed by atoms with Crippen molar-refractivity contribution in [1.29, 1.82) is 0 Å². The van der Waals surface area contributed by atoms with Crippen molar-refractivity contribution in [1.82, 2.24) is 0 Å². The smallest absolute Gasteiger partial charge is 0.123 e. The maximum Gasteiger partial charge on any atom is 0.123 e. The fourth-order valence-corrected chi connectivity index (χ4v) is 1.56. The molecular weight excluding hydrogens is 310 g/mol. The van der Waals surface area contributed by atoms with E-state index < -0.39 is 0 Å². The summed E-state index contributed by atoms with van der Waals surface area (Å²) in [5.74, 6) is -0.273. The van der Waals surface area contributed by atoms with Crippen LogP contribution < -0.4 is 0 Å². The molecule has 0 aromatic heterocycles.